The Kier molecular flexibility index (Phi) is 5.87. The van der Waals surface area contributed by atoms with Gasteiger partial charge in [-0.25, -0.2) is 0 Å². The molecule has 0 aliphatic heterocycles. The molecule has 2 nitrogen and oxygen atoms in total. The average molecular weight is 261 g/mol. The summed E-state index contributed by atoms with van der Waals surface area (Å²) in [7, 11) is 0. The second-order valence-electron chi connectivity index (χ2n) is 5.66. The SMILES string of the molecule is CCCC(C)OCc1ccccc1CCNC1CC1. The molecule has 1 aliphatic rings. The number of ether oxygens (including phenoxy) is 1. The van der Waals surface area contributed by atoms with E-state index in [9.17, 15) is 0 Å². The summed E-state index contributed by atoms with van der Waals surface area (Å²) >= 11 is 0. The molecule has 1 aromatic carbocycles. The second-order valence-corrected chi connectivity index (χ2v) is 5.66. The Morgan fingerprint density at radius 1 is 1.26 bits per heavy atom. The summed E-state index contributed by atoms with van der Waals surface area (Å²) in [6, 6.07) is 9.47. The van der Waals surface area contributed by atoms with Crippen LogP contribution in [0.3, 0.4) is 0 Å². The van der Waals surface area contributed by atoms with Gasteiger partial charge in [0.05, 0.1) is 12.7 Å². The zero-order chi connectivity index (χ0) is 13.5. The Balaban J connectivity index is 1.80. The van der Waals surface area contributed by atoms with E-state index < -0.39 is 0 Å². The molecule has 1 fully saturated rings. The molecule has 106 valence electrons. The van der Waals surface area contributed by atoms with Crippen LogP contribution in [0.2, 0.25) is 0 Å². The smallest absolute Gasteiger partial charge is 0.0723 e. The Morgan fingerprint density at radius 2 is 2.00 bits per heavy atom. The quantitative estimate of drug-likeness (QED) is 0.732. The van der Waals surface area contributed by atoms with Gasteiger partial charge < -0.3 is 10.1 Å². The predicted molar refractivity (Wildman–Crippen MR) is 80.3 cm³/mol. The molecular formula is C17H27NO. The molecule has 1 aliphatic carbocycles. The van der Waals surface area contributed by atoms with E-state index in [4.69, 9.17) is 4.74 Å². The van der Waals surface area contributed by atoms with Crippen LogP contribution in [0.5, 0.6) is 0 Å². The Hall–Kier alpha value is -0.860. The molecular weight excluding hydrogens is 234 g/mol. The summed E-state index contributed by atoms with van der Waals surface area (Å²) < 4.78 is 5.93. The third-order valence-electron chi connectivity index (χ3n) is 3.74. The number of benzene rings is 1. The zero-order valence-corrected chi connectivity index (χ0v) is 12.3. The molecule has 0 aromatic heterocycles. The average Bonchev–Trinajstić information content (AvgIpc) is 3.22. The van der Waals surface area contributed by atoms with Crippen molar-refractivity contribution < 1.29 is 4.74 Å². The number of hydrogen-bond donors (Lipinski definition) is 1. The Labute approximate surface area is 117 Å². The third-order valence-corrected chi connectivity index (χ3v) is 3.74. The second kappa shape index (κ2) is 7.66. The van der Waals surface area contributed by atoms with Crippen LogP contribution < -0.4 is 5.32 Å². The van der Waals surface area contributed by atoms with Gasteiger partial charge in [-0.3, -0.25) is 0 Å². The van der Waals surface area contributed by atoms with E-state index >= 15 is 0 Å². The molecule has 0 spiro atoms. The highest BCUT2D eigenvalue weighted by molar-refractivity contribution is 5.26. The molecule has 2 heteroatoms. The fraction of sp³-hybridized carbons (Fsp3) is 0.647. The van der Waals surface area contributed by atoms with E-state index in [1.807, 2.05) is 0 Å². The summed E-state index contributed by atoms with van der Waals surface area (Å²) in [5, 5.41) is 3.58. The lowest BCUT2D eigenvalue weighted by Gasteiger charge is -2.14. The van der Waals surface area contributed by atoms with Crippen LogP contribution in [0.25, 0.3) is 0 Å². The summed E-state index contributed by atoms with van der Waals surface area (Å²) in [6.07, 6.45) is 6.53. The van der Waals surface area contributed by atoms with E-state index in [-0.39, 0.29) is 0 Å². The van der Waals surface area contributed by atoms with Gasteiger partial charge in [-0.1, -0.05) is 37.6 Å². The van der Waals surface area contributed by atoms with Gasteiger partial charge in [0.25, 0.3) is 0 Å². The van der Waals surface area contributed by atoms with Crippen LogP contribution in [0.15, 0.2) is 24.3 Å². The summed E-state index contributed by atoms with van der Waals surface area (Å²) in [6.45, 7) is 6.21. The van der Waals surface area contributed by atoms with Gasteiger partial charge in [0.15, 0.2) is 0 Å². The molecule has 0 radical (unpaired) electrons. The van der Waals surface area contributed by atoms with Crippen molar-refractivity contribution in [1.29, 1.82) is 0 Å². The first-order valence-corrected chi connectivity index (χ1v) is 7.71. The van der Waals surface area contributed by atoms with E-state index in [1.54, 1.807) is 0 Å². The lowest BCUT2D eigenvalue weighted by molar-refractivity contribution is 0.0468. The fourth-order valence-electron chi connectivity index (χ4n) is 2.36. The van der Waals surface area contributed by atoms with Gasteiger partial charge in [-0.05, 0) is 50.3 Å². The van der Waals surface area contributed by atoms with E-state index in [0.717, 1.165) is 32.0 Å². The molecule has 19 heavy (non-hydrogen) atoms. The molecule has 0 saturated heterocycles. The topological polar surface area (TPSA) is 21.3 Å². The van der Waals surface area contributed by atoms with Crippen molar-refractivity contribution in [3.8, 4) is 0 Å². The van der Waals surface area contributed by atoms with Crippen LogP contribution in [0, 0.1) is 0 Å². The van der Waals surface area contributed by atoms with E-state index in [1.165, 1.54) is 30.4 Å². The van der Waals surface area contributed by atoms with Gasteiger partial charge in [0, 0.05) is 6.04 Å². The summed E-state index contributed by atoms with van der Waals surface area (Å²) in [5.74, 6) is 0. The first-order valence-electron chi connectivity index (χ1n) is 7.71. The number of rotatable bonds is 9. The summed E-state index contributed by atoms with van der Waals surface area (Å²) in [4.78, 5) is 0. The van der Waals surface area contributed by atoms with Crippen LogP contribution >= 0.6 is 0 Å². The van der Waals surface area contributed by atoms with Gasteiger partial charge in [0.1, 0.15) is 0 Å². The highest BCUT2D eigenvalue weighted by atomic mass is 16.5. The minimum atomic E-state index is 0.364. The minimum Gasteiger partial charge on any atom is -0.374 e. The molecule has 0 amide bonds. The Bertz CT molecular complexity index is 373. The van der Waals surface area contributed by atoms with Crippen molar-refractivity contribution in [3.05, 3.63) is 35.4 Å². The molecule has 0 heterocycles. The van der Waals surface area contributed by atoms with Crippen LogP contribution in [-0.2, 0) is 17.8 Å². The van der Waals surface area contributed by atoms with Crippen molar-refractivity contribution in [2.24, 2.45) is 0 Å². The maximum absolute atomic E-state index is 5.93. The highest BCUT2D eigenvalue weighted by Gasteiger charge is 2.19. The lowest BCUT2D eigenvalue weighted by Crippen LogP contribution is -2.20. The predicted octanol–water partition coefficient (Wildman–Crippen LogP) is 3.69. The largest absolute Gasteiger partial charge is 0.374 e. The maximum Gasteiger partial charge on any atom is 0.0723 e. The Morgan fingerprint density at radius 3 is 2.68 bits per heavy atom. The number of hydrogen-bond acceptors (Lipinski definition) is 2. The van der Waals surface area contributed by atoms with Crippen molar-refractivity contribution in [3.63, 3.8) is 0 Å². The van der Waals surface area contributed by atoms with Crippen molar-refractivity contribution in [1.82, 2.24) is 5.32 Å². The van der Waals surface area contributed by atoms with Crippen LogP contribution in [-0.4, -0.2) is 18.7 Å². The number of nitrogens with one attached hydrogen (secondary N) is 1. The highest BCUT2D eigenvalue weighted by Crippen LogP contribution is 2.19. The zero-order valence-electron chi connectivity index (χ0n) is 12.3. The molecule has 1 N–H and O–H groups in total. The molecule has 1 unspecified atom stereocenters. The van der Waals surface area contributed by atoms with Crippen molar-refractivity contribution >= 4 is 0 Å². The van der Waals surface area contributed by atoms with Crippen LogP contribution in [0.4, 0.5) is 0 Å². The monoisotopic (exact) mass is 261 g/mol. The first-order chi connectivity index (χ1) is 9.29. The van der Waals surface area contributed by atoms with Crippen molar-refractivity contribution in [2.75, 3.05) is 6.54 Å². The minimum absolute atomic E-state index is 0.364. The van der Waals surface area contributed by atoms with Crippen LogP contribution in [0.1, 0.15) is 50.7 Å². The van der Waals surface area contributed by atoms with E-state index in [2.05, 4.69) is 43.4 Å². The van der Waals surface area contributed by atoms with Gasteiger partial charge in [0.2, 0.25) is 0 Å². The normalized spacial score (nSPS) is 16.5. The maximum atomic E-state index is 5.93. The van der Waals surface area contributed by atoms with Crippen molar-refractivity contribution in [2.45, 2.75) is 64.7 Å². The summed E-state index contributed by atoms with van der Waals surface area (Å²) in [5.41, 5.74) is 2.78. The van der Waals surface area contributed by atoms with E-state index in [0.29, 0.717) is 6.10 Å². The van der Waals surface area contributed by atoms with Gasteiger partial charge >= 0.3 is 0 Å². The molecule has 1 aromatic rings. The molecule has 1 saturated carbocycles. The fourth-order valence-corrected chi connectivity index (χ4v) is 2.36. The molecule has 0 bridgehead atoms. The lowest BCUT2D eigenvalue weighted by atomic mass is 10.1. The van der Waals surface area contributed by atoms with Gasteiger partial charge in [-0.15, -0.1) is 0 Å². The van der Waals surface area contributed by atoms with Gasteiger partial charge in [-0.2, -0.15) is 0 Å². The first kappa shape index (κ1) is 14.5. The molecule has 2 rings (SSSR count). The standard InChI is InChI=1S/C17H27NO/c1-3-6-14(2)19-13-16-8-5-4-7-15(16)11-12-18-17-9-10-17/h4-5,7-8,14,17-18H,3,6,9-13H2,1-2H3. The molecule has 1 atom stereocenters. The third kappa shape index (κ3) is 5.33.